The molecule has 0 radical (unpaired) electrons. The zero-order chi connectivity index (χ0) is 25.9. The molecule has 2 saturated heterocycles. The van der Waals surface area contributed by atoms with Crippen molar-refractivity contribution >= 4 is 45.8 Å². The Bertz CT molecular complexity index is 1370. The molecule has 3 aromatic rings. The van der Waals surface area contributed by atoms with Gasteiger partial charge in [-0.1, -0.05) is 50.1 Å². The van der Waals surface area contributed by atoms with Gasteiger partial charge in [0.1, 0.15) is 12.4 Å². The molecule has 0 unspecified atom stereocenters. The first-order chi connectivity index (χ1) is 17.9. The Morgan fingerprint density at radius 1 is 1.03 bits per heavy atom. The first-order valence-electron chi connectivity index (χ1n) is 12.8. The molecule has 192 valence electrons. The minimum atomic E-state index is -0.368. The van der Waals surface area contributed by atoms with Gasteiger partial charge in [-0.15, -0.1) is 0 Å². The molecule has 2 fully saturated rings. The average Bonchev–Trinajstić information content (AvgIpc) is 3.20. The fraction of sp³-hybridized carbons (Fsp3) is 0.345. The van der Waals surface area contributed by atoms with Gasteiger partial charge in [0.05, 0.1) is 17.0 Å². The number of carbonyl (C=O) groups is 3. The Balaban J connectivity index is 1.45. The minimum Gasteiger partial charge on any atom is -0.341 e. The van der Waals surface area contributed by atoms with E-state index >= 15 is 0 Å². The monoisotopic (exact) mass is 519 g/mol. The standard InChI is InChI=1S/C29H30FN3O3S/c1-2-21-8-7-9-24-22(18-32(27(21)24)19-26(34)31-14-5-3-4-6-15-31)16-25-28(35)33(29(36)37-25)17-20-10-12-23(30)13-11-20/h7-13,16,18H,2-6,14-15,17,19H2,1H3/b25-16-. The van der Waals surface area contributed by atoms with Crippen LogP contribution in [0.25, 0.3) is 17.0 Å². The van der Waals surface area contributed by atoms with Crippen molar-refractivity contribution in [3.05, 3.63) is 76.1 Å². The molecule has 0 N–H and O–H groups in total. The number of fused-ring (bicyclic) bond motifs is 1. The quantitative estimate of drug-likeness (QED) is 0.376. The number of benzene rings is 2. The van der Waals surface area contributed by atoms with E-state index in [4.69, 9.17) is 0 Å². The molecule has 6 nitrogen and oxygen atoms in total. The summed E-state index contributed by atoms with van der Waals surface area (Å²) in [5, 5.41) is 0.600. The van der Waals surface area contributed by atoms with Crippen LogP contribution in [-0.4, -0.2) is 44.5 Å². The Morgan fingerprint density at radius 3 is 2.46 bits per heavy atom. The molecule has 2 aliphatic rings. The zero-order valence-electron chi connectivity index (χ0n) is 20.9. The van der Waals surface area contributed by atoms with E-state index in [1.165, 1.54) is 17.0 Å². The molecular formula is C29H30FN3O3S. The lowest BCUT2D eigenvalue weighted by Crippen LogP contribution is -2.34. The fourth-order valence-corrected chi connectivity index (χ4v) is 5.94. The number of thioether (sulfide) groups is 1. The number of nitrogens with zero attached hydrogens (tertiary/aromatic N) is 3. The maximum absolute atomic E-state index is 13.3. The number of amides is 3. The van der Waals surface area contributed by atoms with E-state index in [0.29, 0.717) is 10.5 Å². The lowest BCUT2D eigenvalue weighted by atomic mass is 10.1. The number of aromatic nitrogens is 1. The summed E-state index contributed by atoms with van der Waals surface area (Å²) in [4.78, 5) is 42.5. The van der Waals surface area contributed by atoms with Crippen molar-refractivity contribution in [2.45, 2.75) is 52.1 Å². The lowest BCUT2D eigenvalue weighted by Gasteiger charge is -2.21. The summed E-state index contributed by atoms with van der Waals surface area (Å²) in [5.74, 6) is -0.627. The van der Waals surface area contributed by atoms with Gasteiger partial charge in [-0.2, -0.15) is 0 Å². The highest BCUT2D eigenvalue weighted by atomic mass is 32.2. The van der Waals surface area contributed by atoms with Gasteiger partial charge in [0.15, 0.2) is 0 Å². The van der Waals surface area contributed by atoms with Crippen LogP contribution in [0.4, 0.5) is 9.18 Å². The summed E-state index contributed by atoms with van der Waals surface area (Å²) < 4.78 is 15.3. The van der Waals surface area contributed by atoms with E-state index in [2.05, 4.69) is 13.0 Å². The normalized spacial score (nSPS) is 17.7. The second-order valence-electron chi connectivity index (χ2n) is 9.57. The molecule has 0 atom stereocenters. The number of hydrogen-bond acceptors (Lipinski definition) is 4. The minimum absolute atomic E-state index is 0.0916. The van der Waals surface area contributed by atoms with Crippen LogP contribution in [0.2, 0.25) is 0 Å². The van der Waals surface area contributed by atoms with Gasteiger partial charge in [0.25, 0.3) is 11.1 Å². The van der Waals surface area contributed by atoms with Crippen molar-refractivity contribution in [3.8, 4) is 0 Å². The van der Waals surface area contributed by atoms with Gasteiger partial charge in [0.2, 0.25) is 5.91 Å². The van der Waals surface area contributed by atoms with E-state index in [1.807, 2.05) is 27.8 Å². The molecule has 0 saturated carbocycles. The van der Waals surface area contributed by atoms with E-state index in [0.717, 1.165) is 79.0 Å². The molecule has 3 amide bonds. The highest BCUT2D eigenvalue weighted by Gasteiger charge is 2.35. The van der Waals surface area contributed by atoms with Gasteiger partial charge in [-0.05, 0) is 60.4 Å². The lowest BCUT2D eigenvalue weighted by molar-refractivity contribution is -0.131. The van der Waals surface area contributed by atoms with E-state index in [-0.39, 0.29) is 36.0 Å². The first-order valence-corrected chi connectivity index (χ1v) is 13.6. The van der Waals surface area contributed by atoms with Gasteiger partial charge in [0, 0.05) is 30.2 Å². The highest BCUT2D eigenvalue weighted by molar-refractivity contribution is 8.18. The maximum atomic E-state index is 13.3. The van der Waals surface area contributed by atoms with Crippen molar-refractivity contribution in [1.82, 2.24) is 14.4 Å². The number of halogens is 1. The molecule has 3 heterocycles. The third-order valence-electron chi connectivity index (χ3n) is 7.07. The fourth-order valence-electron chi connectivity index (χ4n) is 5.11. The van der Waals surface area contributed by atoms with Crippen molar-refractivity contribution < 1.29 is 18.8 Å². The van der Waals surface area contributed by atoms with Crippen LogP contribution in [0.1, 0.15) is 49.3 Å². The van der Waals surface area contributed by atoms with Crippen LogP contribution in [0.5, 0.6) is 0 Å². The Hall–Kier alpha value is -3.39. The van der Waals surface area contributed by atoms with Gasteiger partial charge in [-0.25, -0.2) is 4.39 Å². The third-order valence-corrected chi connectivity index (χ3v) is 7.98. The summed E-state index contributed by atoms with van der Waals surface area (Å²) in [5.41, 5.74) is 3.61. The van der Waals surface area contributed by atoms with Crippen molar-refractivity contribution in [2.75, 3.05) is 13.1 Å². The summed E-state index contributed by atoms with van der Waals surface area (Å²) in [7, 11) is 0. The zero-order valence-corrected chi connectivity index (χ0v) is 21.7. The van der Waals surface area contributed by atoms with Crippen molar-refractivity contribution in [2.24, 2.45) is 0 Å². The summed E-state index contributed by atoms with van der Waals surface area (Å²) >= 11 is 0.906. The SMILES string of the molecule is CCc1cccc2c(/C=C3\SC(=O)N(Cc4ccc(F)cc4)C3=O)cn(CC(=O)N3CCCCCC3)c12. The van der Waals surface area contributed by atoms with Crippen molar-refractivity contribution in [1.29, 1.82) is 0 Å². The Labute approximate surface area is 220 Å². The van der Waals surface area contributed by atoms with Gasteiger partial charge in [-0.3, -0.25) is 19.3 Å². The largest absolute Gasteiger partial charge is 0.341 e. The number of carbonyl (C=O) groups excluding carboxylic acids is 3. The Morgan fingerprint density at radius 2 is 1.76 bits per heavy atom. The number of imide groups is 1. The molecule has 2 aliphatic heterocycles. The van der Waals surface area contributed by atoms with Crippen LogP contribution in [0.3, 0.4) is 0 Å². The van der Waals surface area contributed by atoms with Gasteiger partial charge >= 0.3 is 0 Å². The molecule has 0 bridgehead atoms. The topological polar surface area (TPSA) is 62.6 Å². The predicted molar refractivity (Wildman–Crippen MR) is 144 cm³/mol. The van der Waals surface area contributed by atoms with Crippen LogP contribution >= 0.6 is 11.8 Å². The molecular weight excluding hydrogens is 489 g/mol. The molecule has 2 aromatic carbocycles. The van der Waals surface area contributed by atoms with E-state index in [9.17, 15) is 18.8 Å². The molecule has 1 aromatic heterocycles. The number of rotatable bonds is 6. The van der Waals surface area contributed by atoms with Crippen LogP contribution in [-0.2, 0) is 29.1 Å². The molecule has 0 spiro atoms. The summed E-state index contributed by atoms with van der Waals surface area (Å²) in [6.45, 7) is 4.02. The highest BCUT2D eigenvalue weighted by Crippen LogP contribution is 2.35. The molecule has 5 rings (SSSR count). The Kier molecular flexibility index (Phi) is 7.46. The van der Waals surface area contributed by atoms with Gasteiger partial charge < -0.3 is 9.47 Å². The molecule has 37 heavy (non-hydrogen) atoms. The van der Waals surface area contributed by atoms with E-state index < -0.39 is 0 Å². The molecule has 8 heteroatoms. The summed E-state index contributed by atoms with van der Waals surface area (Å²) in [6.07, 6.45) is 8.90. The summed E-state index contributed by atoms with van der Waals surface area (Å²) in [6, 6.07) is 11.8. The van der Waals surface area contributed by atoms with Crippen LogP contribution < -0.4 is 0 Å². The van der Waals surface area contributed by atoms with Crippen LogP contribution in [0.15, 0.2) is 53.6 Å². The number of likely N-dealkylation sites (tertiary alicyclic amines) is 1. The number of para-hydroxylation sites is 1. The maximum Gasteiger partial charge on any atom is 0.293 e. The third kappa shape index (κ3) is 5.34. The average molecular weight is 520 g/mol. The number of aryl methyl sites for hydroxylation is 1. The predicted octanol–water partition coefficient (Wildman–Crippen LogP) is 5.98. The smallest absolute Gasteiger partial charge is 0.293 e. The second-order valence-corrected chi connectivity index (χ2v) is 10.6. The van der Waals surface area contributed by atoms with Crippen LogP contribution in [0, 0.1) is 5.82 Å². The molecule has 0 aliphatic carbocycles. The van der Waals surface area contributed by atoms with Crippen molar-refractivity contribution in [3.63, 3.8) is 0 Å². The number of hydrogen-bond donors (Lipinski definition) is 0. The first kappa shape index (κ1) is 25.3. The second kappa shape index (κ2) is 10.9. The van der Waals surface area contributed by atoms with E-state index in [1.54, 1.807) is 18.2 Å².